The second-order valence-corrected chi connectivity index (χ2v) is 4.65. The van der Waals surface area contributed by atoms with Crippen LogP contribution in [0.2, 0.25) is 0 Å². The van der Waals surface area contributed by atoms with Crippen molar-refractivity contribution in [2.75, 3.05) is 0 Å². The Bertz CT molecular complexity index is 421. The lowest BCUT2D eigenvalue weighted by atomic mass is 9.95. The van der Waals surface area contributed by atoms with Gasteiger partial charge in [0, 0.05) is 18.3 Å². The Morgan fingerprint density at radius 3 is 2.50 bits per heavy atom. The summed E-state index contributed by atoms with van der Waals surface area (Å²) in [6, 6.07) is 0. The van der Waals surface area contributed by atoms with Gasteiger partial charge in [0.15, 0.2) is 0 Å². The van der Waals surface area contributed by atoms with E-state index in [1.54, 1.807) is 0 Å². The molecule has 0 fully saturated rings. The van der Waals surface area contributed by atoms with Crippen molar-refractivity contribution in [3.63, 3.8) is 0 Å². The molecule has 0 aromatic carbocycles. The Balaban J connectivity index is 2.98. The van der Waals surface area contributed by atoms with Gasteiger partial charge in [-0.05, 0) is 12.2 Å². The standard InChI is InChI=1S/C7H9NO5S/c1-7(8(9)10)4-2-6(3-5-7)14(11,12)13/h2-4H,5H2,1H3,(H,11,12,13). The molecule has 1 rings (SSSR count). The molecular formula is C7H9NO5S. The summed E-state index contributed by atoms with van der Waals surface area (Å²) in [6.45, 7) is 1.38. The molecule has 0 heterocycles. The van der Waals surface area contributed by atoms with E-state index in [4.69, 9.17) is 4.55 Å². The number of nitrogens with zero attached hydrogens (tertiary/aromatic N) is 1. The number of hydrogen-bond acceptors (Lipinski definition) is 4. The minimum atomic E-state index is -4.25. The summed E-state index contributed by atoms with van der Waals surface area (Å²) in [5, 5.41) is 10.5. The van der Waals surface area contributed by atoms with Crippen LogP contribution in [0.1, 0.15) is 13.3 Å². The maximum Gasteiger partial charge on any atom is 0.294 e. The van der Waals surface area contributed by atoms with Crippen LogP contribution in [0.5, 0.6) is 0 Å². The molecule has 0 saturated heterocycles. The first-order valence-electron chi connectivity index (χ1n) is 3.77. The average molecular weight is 219 g/mol. The molecule has 1 unspecified atom stereocenters. The molecule has 0 amide bonds. The Hall–Kier alpha value is -1.21. The van der Waals surface area contributed by atoms with E-state index >= 15 is 0 Å². The van der Waals surface area contributed by atoms with Crippen LogP contribution >= 0.6 is 0 Å². The maximum absolute atomic E-state index is 10.6. The van der Waals surface area contributed by atoms with Crippen molar-refractivity contribution in [3.8, 4) is 0 Å². The van der Waals surface area contributed by atoms with Crippen molar-refractivity contribution < 1.29 is 17.9 Å². The van der Waals surface area contributed by atoms with Crippen molar-refractivity contribution in [2.45, 2.75) is 18.9 Å². The molecular weight excluding hydrogens is 210 g/mol. The van der Waals surface area contributed by atoms with Crippen LogP contribution in [0.15, 0.2) is 23.1 Å². The molecule has 0 spiro atoms. The number of allylic oxidation sites excluding steroid dienone is 1. The van der Waals surface area contributed by atoms with Crippen LogP contribution < -0.4 is 0 Å². The van der Waals surface area contributed by atoms with Gasteiger partial charge in [0.2, 0.25) is 5.54 Å². The molecule has 14 heavy (non-hydrogen) atoms. The number of hydrogen-bond donors (Lipinski definition) is 1. The Morgan fingerprint density at radius 2 is 2.21 bits per heavy atom. The van der Waals surface area contributed by atoms with E-state index in [-0.39, 0.29) is 11.3 Å². The fraction of sp³-hybridized carbons (Fsp3) is 0.429. The zero-order chi connectivity index (χ0) is 11.0. The van der Waals surface area contributed by atoms with Gasteiger partial charge in [0.25, 0.3) is 10.1 Å². The molecule has 7 heteroatoms. The van der Waals surface area contributed by atoms with Crippen molar-refractivity contribution in [3.05, 3.63) is 33.2 Å². The van der Waals surface area contributed by atoms with E-state index in [9.17, 15) is 18.5 Å². The summed E-state index contributed by atoms with van der Waals surface area (Å²) in [5.74, 6) is 0. The van der Waals surface area contributed by atoms with Gasteiger partial charge in [-0.3, -0.25) is 14.7 Å². The lowest BCUT2D eigenvalue weighted by molar-refractivity contribution is -0.549. The Morgan fingerprint density at radius 1 is 1.64 bits per heavy atom. The third-order valence-corrected chi connectivity index (χ3v) is 2.94. The normalized spacial score (nSPS) is 27.1. The van der Waals surface area contributed by atoms with E-state index < -0.39 is 20.6 Å². The second kappa shape index (κ2) is 3.18. The minimum absolute atomic E-state index is 0.0500. The smallest absolute Gasteiger partial charge is 0.282 e. The molecule has 1 aliphatic rings. The Kier molecular flexibility index (Phi) is 2.47. The maximum atomic E-state index is 10.6. The predicted octanol–water partition coefficient (Wildman–Crippen LogP) is 0.753. The van der Waals surface area contributed by atoms with E-state index in [0.29, 0.717) is 0 Å². The molecule has 0 bridgehead atoms. The predicted molar refractivity (Wildman–Crippen MR) is 48.8 cm³/mol. The molecule has 1 N–H and O–H groups in total. The molecule has 0 aliphatic heterocycles. The highest BCUT2D eigenvalue weighted by Gasteiger charge is 2.36. The van der Waals surface area contributed by atoms with Crippen LogP contribution in [-0.4, -0.2) is 23.4 Å². The molecule has 0 radical (unpaired) electrons. The van der Waals surface area contributed by atoms with Crippen LogP contribution in [0, 0.1) is 10.1 Å². The van der Waals surface area contributed by atoms with Crippen molar-refractivity contribution in [1.82, 2.24) is 0 Å². The third kappa shape index (κ3) is 1.99. The molecule has 78 valence electrons. The fourth-order valence-corrected chi connectivity index (χ4v) is 1.57. The fourth-order valence-electron chi connectivity index (χ4n) is 1.03. The van der Waals surface area contributed by atoms with E-state index in [2.05, 4.69) is 0 Å². The van der Waals surface area contributed by atoms with Crippen molar-refractivity contribution in [1.29, 1.82) is 0 Å². The third-order valence-electron chi connectivity index (χ3n) is 2.04. The van der Waals surface area contributed by atoms with Gasteiger partial charge in [-0.2, -0.15) is 8.42 Å². The summed E-state index contributed by atoms with van der Waals surface area (Å²) in [4.78, 5) is 9.75. The van der Waals surface area contributed by atoms with E-state index in [1.807, 2.05) is 0 Å². The van der Waals surface area contributed by atoms with E-state index in [1.165, 1.54) is 6.92 Å². The highest BCUT2D eigenvalue weighted by Crippen LogP contribution is 2.25. The molecule has 0 aromatic heterocycles. The number of rotatable bonds is 2. The highest BCUT2D eigenvalue weighted by atomic mass is 32.2. The van der Waals surface area contributed by atoms with Gasteiger partial charge in [0.1, 0.15) is 0 Å². The zero-order valence-electron chi connectivity index (χ0n) is 7.37. The minimum Gasteiger partial charge on any atom is -0.282 e. The lowest BCUT2D eigenvalue weighted by Crippen LogP contribution is -2.33. The van der Waals surface area contributed by atoms with Gasteiger partial charge >= 0.3 is 0 Å². The quantitative estimate of drug-likeness (QED) is 0.420. The van der Waals surface area contributed by atoms with Crippen LogP contribution in [0.3, 0.4) is 0 Å². The summed E-state index contributed by atoms with van der Waals surface area (Å²) < 4.78 is 29.9. The Labute approximate surface area is 80.8 Å². The van der Waals surface area contributed by atoms with Crippen LogP contribution in [0.25, 0.3) is 0 Å². The van der Waals surface area contributed by atoms with Gasteiger partial charge in [-0.25, -0.2) is 0 Å². The van der Waals surface area contributed by atoms with Gasteiger partial charge in [0.05, 0.1) is 4.91 Å². The first-order chi connectivity index (χ1) is 6.26. The van der Waals surface area contributed by atoms with Crippen molar-refractivity contribution in [2.24, 2.45) is 0 Å². The van der Waals surface area contributed by atoms with Gasteiger partial charge < -0.3 is 0 Å². The summed E-state index contributed by atoms with van der Waals surface area (Å²) in [6.07, 6.45) is 3.29. The first kappa shape index (κ1) is 10.9. The largest absolute Gasteiger partial charge is 0.294 e. The van der Waals surface area contributed by atoms with Crippen molar-refractivity contribution >= 4 is 10.1 Å². The molecule has 6 nitrogen and oxygen atoms in total. The second-order valence-electron chi connectivity index (χ2n) is 3.23. The van der Waals surface area contributed by atoms with Gasteiger partial charge in [-0.15, -0.1) is 0 Å². The highest BCUT2D eigenvalue weighted by molar-refractivity contribution is 7.90. The topological polar surface area (TPSA) is 97.5 Å². The molecule has 1 atom stereocenters. The van der Waals surface area contributed by atoms with Crippen LogP contribution in [-0.2, 0) is 10.1 Å². The monoisotopic (exact) mass is 219 g/mol. The van der Waals surface area contributed by atoms with Gasteiger partial charge in [-0.1, -0.05) is 6.08 Å². The van der Waals surface area contributed by atoms with E-state index in [0.717, 1.165) is 18.2 Å². The van der Waals surface area contributed by atoms with Crippen LogP contribution in [0.4, 0.5) is 0 Å². The molecule has 0 saturated carbocycles. The summed E-state index contributed by atoms with van der Waals surface area (Å²) in [5.41, 5.74) is -1.28. The molecule has 0 aromatic rings. The SMILES string of the molecule is CC1([N+](=O)[O-])C=CC(S(=O)(=O)O)=CC1. The average Bonchev–Trinajstić information content (AvgIpc) is 2.03. The zero-order valence-corrected chi connectivity index (χ0v) is 8.19. The molecule has 1 aliphatic carbocycles. The first-order valence-corrected chi connectivity index (χ1v) is 5.21. The lowest BCUT2D eigenvalue weighted by Gasteiger charge is -2.18. The summed E-state index contributed by atoms with van der Waals surface area (Å²) >= 11 is 0. The summed E-state index contributed by atoms with van der Waals surface area (Å²) in [7, 11) is -4.25. The number of nitro groups is 1.